The van der Waals surface area contributed by atoms with E-state index < -0.39 is 0 Å². The first-order valence-corrected chi connectivity index (χ1v) is 10.4. The molecule has 3 aromatic rings. The van der Waals surface area contributed by atoms with Crippen LogP contribution in [0.3, 0.4) is 0 Å². The van der Waals surface area contributed by atoms with Crippen LogP contribution in [0.15, 0.2) is 53.1 Å². The minimum Gasteiger partial charge on any atom is -0.463 e. The van der Waals surface area contributed by atoms with Gasteiger partial charge in [-0.05, 0) is 67.6 Å². The van der Waals surface area contributed by atoms with Gasteiger partial charge in [0.15, 0.2) is 10.9 Å². The van der Waals surface area contributed by atoms with Gasteiger partial charge in [0.25, 0.3) is 5.91 Å². The number of carbonyl (C=O) groups excluding carboxylic acids is 1. The first kappa shape index (κ1) is 18.1. The topological polar surface area (TPSA) is 79.2 Å². The van der Waals surface area contributed by atoms with Gasteiger partial charge in [0.1, 0.15) is 5.69 Å². The second kappa shape index (κ2) is 7.48. The van der Waals surface area contributed by atoms with Crippen molar-refractivity contribution in [3.63, 3.8) is 0 Å². The number of amides is 1. The van der Waals surface area contributed by atoms with E-state index in [2.05, 4.69) is 21.2 Å². The van der Waals surface area contributed by atoms with Crippen LogP contribution in [0.2, 0.25) is 0 Å². The summed E-state index contributed by atoms with van der Waals surface area (Å²) >= 11 is 5.40. The molecule has 2 fully saturated rings. The molecule has 5 rings (SSSR count). The van der Waals surface area contributed by atoms with E-state index in [1.807, 2.05) is 30.3 Å². The minimum atomic E-state index is -0.270. The molecule has 148 valence electrons. The Balaban J connectivity index is 1.32. The van der Waals surface area contributed by atoms with Crippen molar-refractivity contribution >= 4 is 34.1 Å². The molecule has 3 atom stereocenters. The van der Waals surface area contributed by atoms with Crippen molar-refractivity contribution in [3.8, 4) is 11.5 Å². The summed E-state index contributed by atoms with van der Waals surface area (Å²) in [6.07, 6.45) is 6.67. The van der Waals surface area contributed by atoms with Crippen molar-refractivity contribution in [2.45, 2.75) is 31.7 Å². The van der Waals surface area contributed by atoms with Gasteiger partial charge in [0.2, 0.25) is 0 Å². The molecule has 2 bridgehead atoms. The molecule has 2 aliphatic carbocycles. The highest BCUT2D eigenvalue weighted by atomic mass is 32.1. The standard InChI is InChI=1S/C22H22N4O2S/c27-21(25-26-22(29)24-18-11-13-7-8-14(18)10-13)16-12-19(20-6-3-9-28-20)23-17-5-2-1-4-15(16)17/h1-6,9,12-14,18H,7-8,10-11H2,(H,25,27)(H2,24,26,29)/t13-,14-,18-/m1/s1. The van der Waals surface area contributed by atoms with Gasteiger partial charge in [-0.3, -0.25) is 15.6 Å². The van der Waals surface area contributed by atoms with Crippen molar-refractivity contribution in [3.05, 3.63) is 54.3 Å². The highest BCUT2D eigenvalue weighted by molar-refractivity contribution is 7.80. The number of hydrogen-bond acceptors (Lipinski definition) is 4. The van der Waals surface area contributed by atoms with Crippen LogP contribution in [0.25, 0.3) is 22.4 Å². The van der Waals surface area contributed by atoms with Crippen LogP contribution in [0.1, 0.15) is 36.0 Å². The zero-order valence-electron chi connectivity index (χ0n) is 15.9. The first-order chi connectivity index (χ1) is 14.2. The zero-order chi connectivity index (χ0) is 19.8. The molecule has 0 spiro atoms. The minimum absolute atomic E-state index is 0.270. The summed E-state index contributed by atoms with van der Waals surface area (Å²) in [5.74, 6) is 1.88. The maximum Gasteiger partial charge on any atom is 0.270 e. The highest BCUT2D eigenvalue weighted by Gasteiger charge is 2.39. The fourth-order valence-electron chi connectivity index (χ4n) is 4.72. The van der Waals surface area contributed by atoms with Crippen molar-refractivity contribution in [2.24, 2.45) is 11.8 Å². The van der Waals surface area contributed by atoms with E-state index in [9.17, 15) is 4.79 Å². The molecule has 0 radical (unpaired) electrons. The number of benzene rings is 1. The summed E-state index contributed by atoms with van der Waals surface area (Å²) in [5, 5.41) is 4.60. The summed E-state index contributed by atoms with van der Waals surface area (Å²) < 4.78 is 5.46. The number of aromatic nitrogens is 1. The number of thiocarbonyl (C=S) groups is 1. The number of rotatable bonds is 3. The molecule has 0 aliphatic heterocycles. The van der Waals surface area contributed by atoms with E-state index in [0.717, 1.165) is 16.8 Å². The maximum atomic E-state index is 12.9. The Morgan fingerprint density at radius 2 is 2.00 bits per heavy atom. The van der Waals surface area contributed by atoms with Crippen molar-refractivity contribution in [2.75, 3.05) is 0 Å². The van der Waals surface area contributed by atoms with Gasteiger partial charge in [-0.25, -0.2) is 4.98 Å². The Kier molecular flexibility index (Phi) is 4.67. The average Bonchev–Trinajstić information content (AvgIpc) is 3.49. The molecule has 0 saturated heterocycles. The molecule has 6 nitrogen and oxygen atoms in total. The van der Waals surface area contributed by atoms with Gasteiger partial charge in [-0.2, -0.15) is 0 Å². The molecule has 7 heteroatoms. The number of pyridine rings is 1. The lowest BCUT2D eigenvalue weighted by atomic mass is 9.96. The lowest BCUT2D eigenvalue weighted by Crippen LogP contribution is -2.50. The number of furan rings is 1. The summed E-state index contributed by atoms with van der Waals surface area (Å²) in [7, 11) is 0. The van der Waals surface area contributed by atoms with Gasteiger partial charge in [0.05, 0.1) is 17.3 Å². The predicted octanol–water partition coefficient (Wildman–Crippen LogP) is 3.79. The van der Waals surface area contributed by atoms with Crippen molar-refractivity contribution in [1.82, 2.24) is 21.2 Å². The lowest BCUT2D eigenvalue weighted by Gasteiger charge is -2.24. The molecule has 0 unspecified atom stereocenters. The number of para-hydroxylation sites is 1. The summed E-state index contributed by atoms with van der Waals surface area (Å²) in [6, 6.07) is 13.3. The molecule has 29 heavy (non-hydrogen) atoms. The van der Waals surface area contributed by atoms with Gasteiger partial charge in [-0.1, -0.05) is 24.6 Å². The Labute approximate surface area is 174 Å². The van der Waals surface area contributed by atoms with E-state index in [0.29, 0.717) is 34.1 Å². The number of nitrogens with one attached hydrogen (secondary N) is 3. The number of carbonyl (C=O) groups is 1. The normalized spacial score (nSPS) is 22.6. The number of hydrazine groups is 1. The molecule has 2 heterocycles. The Morgan fingerprint density at radius 1 is 1.10 bits per heavy atom. The van der Waals surface area contributed by atoms with E-state index >= 15 is 0 Å². The lowest BCUT2D eigenvalue weighted by molar-refractivity contribution is 0.0945. The fourth-order valence-corrected chi connectivity index (χ4v) is 4.92. The van der Waals surface area contributed by atoms with Crippen LogP contribution in [-0.4, -0.2) is 22.0 Å². The number of hydrogen-bond donors (Lipinski definition) is 3. The second-order valence-electron chi connectivity index (χ2n) is 7.88. The quantitative estimate of drug-likeness (QED) is 0.454. The molecular weight excluding hydrogens is 384 g/mol. The SMILES string of the molecule is O=C(NNC(=S)N[C@@H]1C[C@@H]2CC[C@@H]1C2)c1cc(-c2ccco2)nc2ccccc12. The first-order valence-electron chi connectivity index (χ1n) is 9.98. The van der Waals surface area contributed by atoms with E-state index in [1.54, 1.807) is 18.4 Å². The summed E-state index contributed by atoms with van der Waals surface area (Å²) in [6.45, 7) is 0. The summed E-state index contributed by atoms with van der Waals surface area (Å²) in [5.41, 5.74) is 7.45. The molecule has 2 aromatic heterocycles. The molecular formula is C22H22N4O2S. The maximum absolute atomic E-state index is 12.9. The van der Waals surface area contributed by atoms with E-state index in [1.165, 1.54) is 25.7 Å². The largest absolute Gasteiger partial charge is 0.463 e. The Bertz CT molecular complexity index is 1070. The van der Waals surface area contributed by atoms with Crippen molar-refractivity contribution in [1.29, 1.82) is 0 Å². The van der Waals surface area contributed by atoms with E-state index in [-0.39, 0.29) is 5.91 Å². The number of nitrogens with zero attached hydrogens (tertiary/aromatic N) is 1. The van der Waals surface area contributed by atoms with Gasteiger partial charge in [-0.15, -0.1) is 0 Å². The van der Waals surface area contributed by atoms with Crippen LogP contribution >= 0.6 is 12.2 Å². The van der Waals surface area contributed by atoms with Crippen LogP contribution < -0.4 is 16.2 Å². The molecule has 3 N–H and O–H groups in total. The third-order valence-electron chi connectivity index (χ3n) is 6.08. The zero-order valence-corrected chi connectivity index (χ0v) is 16.7. The monoisotopic (exact) mass is 406 g/mol. The van der Waals surface area contributed by atoms with Crippen molar-refractivity contribution < 1.29 is 9.21 Å². The Morgan fingerprint density at radius 3 is 2.76 bits per heavy atom. The number of fused-ring (bicyclic) bond motifs is 3. The molecule has 1 aromatic carbocycles. The average molecular weight is 407 g/mol. The Hall–Kier alpha value is -2.93. The van der Waals surface area contributed by atoms with Crippen LogP contribution in [0.4, 0.5) is 0 Å². The molecule has 2 saturated carbocycles. The van der Waals surface area contributed by atoms with Crippen LogP contribution in [0.5, 0.6) is 0 Å². The highest BCUT2D eigenvalue weighted by Crippen LogP contribution is 2.44. The molecule has 1 amide bonds. The third kappa shape index (κ3) is 3.58. The van der Waals surface area contributed by atoms with E-state index in [4.69, 9.17) is 16.6 Å². The van der Waals surface area contributed by atoms with Gasteiger partial charge >= 0.3 is 0 Å². The fraction of sp³-hybridized carbons (Fsp3) is 0.318. The van der Waals surface area contributed by atoms with Crippen LogP contribution in [0, 0.1) is 11.8 Å². The molecule has 2 aliphatic rings. The predicted molar refractivity (Wildman–Crippen MR) is 115 cm³/mol. The second-order valence-corrected chi connectivity index (χ2v) is 8.29. The third-order valence-corrected chi connectivity index (χ3v) is 6.30. The van der Waals surface area contributed by atoms with Crippen LogP contribution in [-0.2, 0) is 0 Å². The van der Waals surface area contributed by atoms with Gasteiger partial charge in [0, 0.05) is 11.4 Å². The van der Waals surface area contributed by atoms with Gasteiger partial charge < -0.3 is 9.73 Å². The smallest absolute Gasteiger partial charge is 0.270 e. The summed E-state index contributed by atoms with van der Waals surface area (Å²) in [4.78, 5) is 17.5.